The molecule has 0 radical (unpaired) electrons. The number of fused-ring (bicyclic) bond motifs is 1. The zero-order valence-corrected chi connectivity index (χ0v) is 24.9. The van der Waals surface area contributed by atoms with Gasteiger partial charge in [-0.05, 0) is 19.3 Å². The summed E-state index contributed by atoms with van der Waals surface area (Å²) in [6, 6.07) is 0.175. The number of urea groups is 1. The summed E-state index contributed by atoms with van der Waals surface area (Å²) in [5.74, 6) is 0.755. The van der Waals surface area contributed by atoms with Crippen molar-refractivity contribution in [2.75, 3.05) is 32.1 Å². The van der Waals surface area contributed by atoms with Crippen LogP contribution in [0.4, 0.5) is 9.59 Å². The topological polar surface area (TPSA) is 286 Å². The Balaban J connectivity index is 1.24. The molecule has 3 rings (SSSR count). The second-order valence-corrected chi connectivity index (χ2v) is 13.2. The predicted molar refractivity (Wildman–Crippen MR) is 148 cm³/mol. The van der Waals surface area contributed by atoms with E-state index >= 15 is 0 Å². The monoisotopic (exact) mass is 660 g/mol. The van der Waals surface area contributed by atoms with E-state index in [1.54, 1.807) is 0 Å². The van der Waals surface area contributed by atoms with E-state index in [-0.39, 0.29) is 37.1 Å². The standard InChI is InChI=1S/C23H41N4O14PS/c28-8-11(9-39-42(37,38)41-21-19(33)17(31)16(30)18(32)20(21)34)40-23(36)25-7-3-6-24-14(29)5-2-1-4-13-15-12(10-43-13)26-22(35)27-15/h11-13,15-21,28,30-34H,1-10H2,(H,24,29)(H,25,36)(H,37,38)(H2,26,27,35). The average molecular weight is 661 g/mol. The maximum Gasteiger partial charge on any atom is 0.472 e. The summed E-state index contributed by atoms with van der Waals surface area (Å²) >= 11 is 1.82. The lowest BCUT2D eigenvalue weighted by Crippen LogP contribution is -2.64. The lowest BCUT2D eigenvalue weighted by atomic mass is 9.85. The molecule has 2 saturated heterocycles. The highest BCUT2D eigenvalue weighted by molar-refractivity contribution is 8.00. The van der Waals surface area contributed by atoms with Crippen LogP contribution in [0.25, 0.3) is 0 Å². The van der Waals surface area contributed by atoms with E-state index < -0.39 is 69.9 Å². The summed E-state index contributed by atoms with van der Waals surface area (Å²) in [6.45, 7) is -1.26. The van der Waals surface area contributed by atoms with Crippen molar-refractivity contribution in [1.29, 1.82) is 0 Å². The molecule has 0 aromatic carbocycles. The molecule has 20 heteroatoms. The zero-order valence-electron chi connectivity index (χ0n) is 23.2. The zero-order chi connectivity index (χ0) is 31.7. The Morgan fingerprint density at radius 2 is 1.63 bits per heavy atom. The fourth-order valence-corrected chi connectivity index (χ4v) is 7.39. The normalized spacial score (nSPS) is 33.9. The molecule has 18 nitrogen and oxygen atoms in total. The second kappa shape index (κ2) is 16.5. The minimum absolute atomic E-state index is 0.106. The average Bonchev–Trinajstić information content (AvgIpc) is 3.52. The van der Waals surface area contributed by atoms with E-state index in [0.29, 0.717) is 24.5 Å². The second-order valence-electron chi connectivity index (χ2n) is 10.5. The fourth-order valence-electron chi connectivity index (χ4n) is 4.87. The van der Waals surface area contributed by atoms with Crippen molar-refractivity contribution >= 4 is 37.6 Å². The number of ether oxygens (including phenoxy) is 1. The Bertz CT molecular complexity index is 984. The molecule has 2 aliphatic heterocycles. The first-order chi connectivity index (χ1) is 20.3. The van der Waals surface area contributed by atoms with Gasteiger partial charge in [0, 0.05) is 30.5 Å². The van der Waals surface area contributed by atoms with E-state index in [4.69, 9.17) is 4.74 Å². The predicted octanol–water partition coefficient (Wildman–Crippen LogP) is -3.37. The number of rotatable bonds is 16. The van der Waals surface area contributed by atoms with Crippen molar-refractivity contribution in [2.24, 2.45) is 0 Å². The fraction of sp³-hybridized carbons (Fsp3) is 0.870. The van der Waals surface area contributed by atoms with Gasteiger partial charge in [-0.25, -0.2) is 14.2 Å². The molecule has 0 spiro atoms. The van der Waals surface area contributed by atoms with Crippen LogP contribution in [0.2, 0.25) is 0 Å². The third kappa shape index (κ3) is 10.4. The molecule has 248 valence electrons. The van der Waals surface area contributed by atoms with Gasteiger partial charge in [0.05, 0.1) is 25.3 Å². The van der Waals surface area contributed by atoms with Gasteiger partial charge in [-0.2, -0.15) is 11.8 Å². The Labute approximate surface area is 251 Å². The molecular formula is C23H41N4O14PS. The molecular weight excluding hydrogens is 619 g/mol. The first kappa shape index (κ1) is 35.7. The van der Waals surface area contributed by atoms with Crippen LogP contribution in [0.1, 0.15) is 32.1 Å². The van der Waals surface area contributed by atoms with E-state index in [1.165, 1.54) is 0 Å². The van der Waals surface area contributed by atoms with Crippen LogP contribution in [-0.2, 0) is 23.1 Å². The number of aliphatic hydroxyl groups excluding tert-OH is 6. The number of unbranched alkanes of at least 4 members (excludes halogenated alkanes) is 1. The van der Waals surface area contributed by atoms with Crippen molar-refractivity contribution in [1.82, 2.24) is 21.3 Å². The molecule has 11 N–H and O–H groups in total. The Kier molecular flexibility index (Phi) is 13.7. The van der Waals surface area contributed by atoms with E-state index in [0.717, 1.165) is 18.6 Å². The SMILES string of the molecule is O=C(CCCCC1SCC2NC(=O)NC21)NCCCNC(=O)OC(CO)COP(=O)(O)OC1C(O)C(O)C(O)C(O)C1O. The molecule has 3 aliphatic rings. The van der Waals surface area contributed by atoms with Crippen LogP contribution < -0.4 is 21.3 Å². The van der Waals surface area contributed by atoms with E-state index in [9.17, 15) is 54.5 Å². The van der Waals surface area contributed by atoms with Crippen LogP contribution in [0.15, 0.2) is 0 Å². The molecule has 4 amide bonds. The Hall–Kier alpha value is -1.77. The van der Waals surface area contributed by atoms with Gasteiger partial charge in [-0.15, -0.1) is 0 Å². The lowest BCUT2D eigenvalue weighted by Gasteiger charge is -2.41. The minimum atomic E-state index is -5.09. The number of phosphoric acid groups is 1. The number of nitrogens with one attached hydrogen (secondary N) is 4. The first-order valence-electron chi connectivity index (χ1n) is 13.9. The maximum absolute atomic E-state index is 12.2. The first-order valence-corrected chi connectivity index (χ1v) is 16.4. The van der Waals surface area contributed by atoms with Crippen LogP contribution in [0.3, 0.4) is 0 Å². The van der Waals surface area contributed by atoms with E-state index in [1.807, 2.05) is 11.8 Å². The van der Waals surface area contributed by atoms with Gasteiger partial charge >= 0.3 is 19.9 Å². The number of alkyl carbamates (subject to hydrolysis) is 1. The summed E-state index contributed by atoms with van der Waals surface area (Å²) < 4.78 is 26.4. The summed E-state index contributed by atoms with van der Waals surface area (Å²) in [6.07, 6.45) is -11.3. The largest absolute Gasteiger partial charge is 0.472 e. The van der Waals surface area contributed by atoms with Crippen LogP contribution in [0.5, 0.6) is 0 Å². The maximum atomic E-state index is 12.2. The molecule has 1 aliphatic carbocycles. The summed E-state index contributed by atoms with van der Waals surface area (Å²) in [4.78, 5) is 45.4. The third-order valence-electron chi connectivity index (χ3n) is 7.25. The van der Waals surface area contributed by atoms with Crippen LogP contribution in [-0.4, -0.2) is 146 Å². The molecule has 0 bridgehead atoms. The highest BCUT2D eigenvalue weighted by Crippen LogP contribution is 2.47. The molecule has 0 aromatic heterocycles. The molecule has 43 heavy (non-hydrogen) atoms. The highest BCUT2D eigenvalue weighted by Gasteiger charge is 2.51. The molecule has 1 saturated carbocycles. The quantitative estimate of drug-likeness (QED) is 0.0438. The number of phosphoric ester groups is 1. The van der Waals surface area contributed by atoms with Crippen molar-refractivity contribution in [3.05, 3.63) is 0 Å². The van der Waals surface area contributed by atoms with Crippen molar-refractivity contribution in [3.8, 4) is 0 Å². The third-order valence-corrected chi connectivity index (χ3v) is 9.75. The Morgan fingerprint density at radius 1 is 0.977 bits per heavy atom. The molecule has 9 unspecified atom stereocenters. The van der Waals surface area contributed by atoms with E-state index in [2.05, 4.69) is 30.3 Å². The number of carbonyl (C=O) groups excluding carboxylic acids is 3. The van der Waals surface area contributed by atoms with Gasteiger partial charge in [0.1, 0.15) is 36.6 Å². The van der Waals surface area contributed by atoms with Crippen LogP contribution >= 0.6 is 19.6 Å². The van der Waals surface area contributed by atoms with Gasteiger partial charge < -0.3 is 61.5 Å². The van der Waals surface area contributed by atoms with Gasteiger partial charge in [-0.1, -0.05) is 6.42 Å². The number of thioether (sulfide) groups is 1. The number of amides is 4. The molecule has 0 aromatic rings. The van der Waals surface area contributed by atoms with Gasteiger partial charge in [0.2, 0.25) is 5.91 Å². The summed E-state index contributed by atoms with van der Waals surface area (Å²) in [5.41, 5.74) is 0. The number of carbonyl (C=O) groups is 3. The summed E-state index contributed by atoms with van der Waals surface area (Å²) in [5, 5.41) is 69.5. The minimum Gasteiger partial charge on any atom is -0.441 e. The number of hydrogen-bond donors (Lipinski definition) is 11. The lowest BCUT2D eigenvalue weighted by molar-refractivity contribution is -0.220. The van der Waals surface area contributed by atoms with Gasteiger partial charge in [-0.3, -0.25) is 13.8 Å². The smallest absolute Gasteiger partial charge is 0.441 e. The molecule has 2 heterocycles. The number of aliphatic hydroxyl groups is 6. The molecule has 3 fully saturated rings. The summed E-state index contributed by atoms with van der Waals surface area (Å²) in [7, 11) is -5.09. The van der Waals surface area contributed by atoms with Gasteiger partial charge in [0.15, 0.2) is 6.10 Å². The van der Waals surface area contributed by atoms with Crippen LogP contribution in [0, 0.1) is 0 Å². The number of hydrogen-bond acceptors (Lipinski definition) is 14. The molecule has 9 atom stereocenters. The van der Waals surface area contributed by atoms with Crippen molar-refractivity contribution < 1.29 is 68.3 Å². The van der Waals surface area contributed by atoms with Crippen molar-refractivity contribution in [3.63, 3.8) is 0 Å². The highest BCUT2D eigenvalue weighted by atomic mass is 32.2. The van der Waals surface area contributed by atoms with Gasteiger partial charge in [0.25, 0.3) is 0 Å². The Morgan fingerprint density at radius 3 is 2.30 bits per heavy atom. The van der Waals surface area contributed by atoms with Crippen molar-refractivity contribution in [2.45, 2.75) is 92.2 Å².